The van der Waals surface area contributed by atoms with E-state index in [9.17, 15) is 0 Å². The summed E-state index contributed by atoms with van der Waals surface area (Å²) in [5.74, 6) is 0. The molecule has 0 aliphatic heterocycles. The van der Waals surface area contributed by atoms with E-state index < -0.39 is 0 Å². The Morgan fingerprint density at radius 2 is 1.89 bits per heavy atom. The summed E-state index contributed by atoms with van der Waals surface area (Å²) >= 11 is 0. The lowest BCUT2D eigenvalue weighted by atomic mass is 10.7. The van der Waals surface area contributed by atoms with Crippen LogP contribution in [-0.2, 0) is 0 Å². The van der Waals surface area contributed by atoms with Gasteiger partial charge in [-0.05, 0) is 0 Å². The summed E-state index contributed by atoms with van der Waals surface area (Å²) in [5, 5.41) is 10.2. The van der Waals surface area contributed by atoms with Crippen LogP contribution in [0, 0.1) is 0 Å². The average molecular weight is 140 g/mol. The molecule has 0 bridgehead atoms. The number of hydrogen-bond acceptors (Lipinski definition) is 3. The van der Waals surface area contributed by atoms with Crippen LogP contribution in [0.25, 0.3) is 0 Å². The maximum Gasteiger partial charge on any atom is 0.117 e. The van der Waals surface area contributed by atoms with Crippen LogP contribution in [0.5, 0.6) is 0 Å². The number of nitrogens with zero attached hydrogens (tertiary/aromatic N) is 1. The molecule has 6 N–H and O–H groups in total. The second kappa shape index (κ2) is 10.7. The van der Waals surface area contributed by atoms with Crippen molar-refractivity contribution in [1.82, 2.24) is 5.01 Å². The van der Waals surface area contributed by atoms with Crippen molar-refractivity contribution in [3.63, 3.8) is 0 Å². The molecule has 9 heavy (non-hydrogen) atoms. The fraction of sp³-hybridized carbons (Fsp3) is 1.00. The van der Waals surface area contributed by atoms with Crippen LogP contribution in [0.15, 0.2) is 0 Å². The maximum absolute atomic E-state index is 8.26. The van der Waals surface area contributed by atoms with E-state index in [1.54, 1.807) is 0 Å². The van der Waals surface area contributed by atoms with Crippen molar-refractivity contribution in [3.8, 4) is 0 Å². The van der Waals surface area contributed by atoms with Gasteiger partial charge in [-0.25, -0.2) is 0 Å². The second-order valence-corrected chi connectivity index (χ2v) is 1.66. The third-order valence-corrected chi connectivity index (χ3v) is 0.623. The van der Waals surface area contributed by atoms with Crippen molar-refractivity contribution in [2.24, 2.45) is 0 Å². The molecule has 0 rings (SSSR count). The number of hydrogen-bond donors (Lipinski definition) is 2. The highest BCUT2D eigenvalue weighted by molar-refractivity contribution is 4.09. The van der Waals surface area contributed by atoms with E-state index in [1.807, 2.05) is 24.5 Å². The summed E-state index contributed by atoms with van der Waals surface area (Å²) in [6.07, 6.45) is 0. The molecule has 0 spiro atoms. The number of aliphatic hydroxyl groups excluding tert-OH is 1. The van der Waals surface area contributed by atoms with Gasteiger partial charge in [0.25, 0.3) is 0 Å². The molecular formula is C4H16N2O3. The summed E-state index contributed by atoms with van der Waals surface area (Å²) < 4.78 is 0. The van der Waals surface area contributed by atoms with E-state index in [-0.39, 0.29) is 17.6 Å². The van der Waals surface area contributed by atoms with Crippen molar-refractivity contribution in [2.75, 3.05) is 27.2 Å². The molecule has 0 fully saturated rings. The molecule has 0 aliphatic carbocycles. The van der Waals surface area contributed by atoms with Gasteiger partial charge in [-0.1, -0.05) is 0 Å². The summed E-state index contributed by atoms with van der Waals surface area (Å²) in [7, 11) is 3.88. The monoisotopic (exact) mass is 140 g/mol. The Morgan fingerprint density at radius 1 is 1.44 bits per heavy atom. The Labute approximate surface area is 54.9 Å². The standard InChI is InChI=1S/C4H12N2O.2H2O/c1-6(2)5-3-4-7;;/h5,7H,3-4H2,1-2H3;2*1H2. The zero-order valence-electron chi connectivity index (χ0n) is 5.83. The van der Waals surface area contributed by atoms with Crippen molar-refractivity contribution in [3.05, 3.63) is 0 Å². The highest BCUT2D eigenvalue weighted by atomic mass is 16.3. The van der Waals surface area contributed by atoms with Crippen molar-refractivity contribution in [1.29, 1.82) is 0 Å². The fourth-order valence-electron chi connectivity index (χ4n) is 0.316. The number of aliphatic hydroxyl groups is 1. The Morgan fingerprint density at radius 3 is 2.00 bits per heavy atom. The molecule has 0 unspecified atom stereocenters. The molecule has 0 saturated carbocycles. The molecule has 0 amide bonds. The van der Waals surface area contributed by atoms with E-state index in [1.165, 1.54) is 0 Å². The summed E-state index contributed by atoms with van der Waals surface area (Å²) in [5.41, 5.74) is 1.93. The van der Waals surface area contributed by atoms with Gasteiger partial charge in [-0.15, -0.1) is 0 Å². The summed E-state index contributed by atoms with van der Waals surface area (Å²) in [6.45, 7) is 1.01. The van der Waals surface area contributed by atoms with Gasteiger partial charge in [0.05, 0.1) is 6.61 Å². The minimum absolute atomic E-state index is 0. The smallest absolute Gasteiger partial charge is 0.117 e. The first kappa shape index (κ1) is 15.9. The van der Waals surface area contributed by atoms with Crippen molar-refractivity contribution < 1.29 is 21.5 Å². The Hall–Kier alpha value is -0.200. The Bertz CT molecular complexity index is 42.8. The molecule has 0 aromatic carbocycles. The minimum atomic E-state index is 0. The third kappa shape index (κ3) is 18.2. The number of nitrogens with two attached hydrogens (primary N) is 1. The molecule has 0 aromatic rings. The molecular weight excluding hydrogens is 124 g/mol. The van der Waals surface area contributed by atoms with E-state index in [0.717, 1.165) is 6.54 Å². The first-order valence-electron chi connectivity index (χ1n) is 2.38. The van der Waals surface area contributed by atoms with Crippen LogP contribution in [-0.4, -0.2) is 48.3 Å². The van der Waals surface area contributed by atoms with Gasteiger partial charge in [0.2, 0.25) is 0 Å². The van der Waals surface area contributed by atoms with Gasteiger partial charge in [0.1, 0.15) is 6.54 Å². The minimum Gasteiger partial charge on any atom is -0.870 e. The van der Waals surface area contributed by atoms with Crippen LogP contribution in [0.3, 0.4) is 0 Å². The zero-order chi connectivity index (χ0) is 5.70. The van der Waals surface area contributed by atoms with Gasteiger partial charge in [0.15, 0.2) is 0 Å². The molecule has 0 aromatic heterocycles. The van der Waals surface area contributed by atoms with Crippen LogP contribution in [0.1, 0.15) is 0 Å². The quantitative estimate of drug-likeness (QED) is 0.323. The zero-order valence-corrected chi connectivity index (χ0v) is 5.83. The lowest BCUT2D eigenvalue weighted by Gasteiger charge is -2.04. The van der Waals surface area contributed by atoms with E-state index >= 15 is 0 Å². The highest BCUT2D eigenvalue weighted by Crippen LogP contribution is 1.43. The van der Waals surface area contributed by atoms with E-state index in [2.05, 4.69) is 0 Å². The molecule has 5 heteroatoms. The van der Waals surface area contributed by atoms with Gasteiger partial charge >= 0.3 is 0 Å². The predicted molar refractivity (Wildman–Crippen MR) is 33.1 cm³/mol. The first-order valence-corrected chi connectivity index (χ1v) is 2.38. The van der Waals surface area contributed by atoms with Crippen LogP contribution < -0.4 is 5.43 Å². The van der Waals surface area contributed by atoms with Gasteiger partial charge in [0, 0.05) is 14.1 Å². The van der Waals surface area contributed by atoms with Gasteiger partial charge < -0.3 is 16.1 Å². The van der Waals surface area contributed by atoms with E-state index in [0.29, 0.717) is 0 Å². The van der Waals surface area contributed by atoms with Crippen molar-refractivity contribution in [2.45, 2.75) is 0 Å². The lowest BCUT2D eigenvalue weighted by Crippen LogP contribution is -2.92. The molecule has 60 valence electrons. The molecule has 0 saturated heterocycles. The fourth-order valence-corrected chi connectivity index (χ4v) is 0.316. The Kier molecular flexibility index (Phi) is 19.0. The largest absolute Gasteiger partial charge is 0.870 e. The van der Waals surface area contributed by atoms with E-state index in [4.69, 9.17) is 5.11 Å². The Balaban J connectivity index is -0.000000180. The summed E-state index contributed by atoms with van der Waals surface area (Å²) in [4.78, 5) is 0. The van der Waals surface area contributed by atoms with Crippen LogP contribution >= 0.6 is 0 Å². The van der Waals surface area contributed by atoms with Crippen LogP contribution in [0.4, 0.5) is 0 Å². The van der Waals surface area contributed by atoms with Crippen LogP contribution in [0.2, 0.25) is 0 Å². The molecule has 0 aliphatic rings. The number of rotatable bonds is 3. The topological polar surface area (TPSA) is 102 Å². The molecule has 0 heterocycles. The SMILES string of the molecule is CN(C)[NH2+]CCO.O.[OH-]. The summed E-state index contributed by atoms with van der Waals surface area (Å²) in [6, 6.07) is 0. The van der Waals surface area contributed by atoms with Crippen molar-refractivity contribution >= 4 is 0 Å². The maximum atomic E-state index is 8.26. The predicted octanol–water partition coefficient (Wildman–Crippen LogP) is -2.98. The molecule has 0 radical (unpaired) electrons. The number of quaternary nitrogens is 1. The van der Waals surface area contributed by atoms with Gasteiger partial charge in [-0.3, -0.25) is 5.43 Å². The second-order valence-electron chi connectivity index (χ2n) is 1.66. The highest BCUT2D eigenvalue weighted by Gasteiger charge is 1.86. The molecule has 5 nitrogen and oxygen atoms in total. The third-order valence-electron chi connectivity index (χ3n) is 0.623. The average Bonchev–Trinajstić information content (AvgIpc) is 1.61. The first-order chi connectivity index (χ1) is 3.27. The lowest BCUT2D eigenvalue weighted by molar-refractivity contribution is -0.794. The van der Waals surface area contributed by atoms with Gasteiger partial charge in [-0.2, -0.15) is 5.01 Å². The molecule has 0 atom stereocenters. The normalized spacial score (nSPS) is 8.00.